The molecule has 0 saturated carbocycles. The molecule has 1 aromatic heterocycles. The molecule has 1 fully saturated rings. The number of hydrogen-bond donors (Lipinski definition) is 1. The third-order valence-electron chi connectivity index (χ3n) is 4.26. The van der Waals surface area contributed by atoms with Gasteiger partial charge >= 0.3 is 0 Å². The number of aromatic nitrogens is 2. The molecule has 0 amide bonds. The normalized spacial score (nSPS) is 19.7. The molecule has 1 aliphatic rings. The molecule has 1 N–H and O–H groups in total. The van der Waals surface area contributed by atoms with E-state index in [1.807, 2.05) is 0 Å². The summed E-state index contributed by atoms with van der Waals surface area (Å²) in [6.07, 6.45) is 5.82. The van der Waals surface area contributed by atoms with Crippen LogP contribution in [-0.2, 0) is 5.41 Å². The van der Waals surface area contributed by atoms with Crippen molar-refractivity contribution in [3.05, 3.63) is 47.8 Å². The van der Waals surface area contributed by atoms with Crippen LogP contribution in [0.15, 0.2) is 36.5 Å². The van der Waals surface area contributed by atoms with Crippen molar-refractivity contribution in [1.29, 1.82) is 0 Å². The van der Waals surface area contributed by atoms with E-state index in [2.05, 4.69) is 67.3 Å². The summed E-state index contributed by atoms with van der Waals surface area (Å²) in [5.41, 5.74) is 3.95. The second kappa shape index (κ2) is 5.64. The summed E-state index contributed by atoms with van der Waals surface area (Å²) in [7, 11) is 0. The molecule has 2 aromatic rings. The molecule has 2 heterocycles. The van der Waals surface area contributed by atoms with Crippen LogP contribution in [0.25, 0.3) is 5.69 Å². The van der Waals surface area contributed by atoms with Crippen molar-refractivity contribution in [2.24, 2.45) is 0 Å². The van der Waals surface area contributed by atoms with Gasteiger partial charge in [0, 0.05) is 11.6 Å². The lowest BCUT2D eigenvalue weighted by atomic mass is 9.84. The van der Waals surface area contributed by atoms with E-state index >= 15 is 0 Å². The minimum absolute atomic E-state index is 0.113. The van der Waals surface area contributed by atoms with Crippen molar-refractivity contribution < 1.29 is 0 Å². The zero-order chi connectivity index (χ0) is 14.9. The highest BCUT2D eigenvalue weighted by atomic mass is 15.3. The molecule has 0 spiro atoms. The zero-order valence-electron chi connectivity index (χ0n) is 13.3. The van der Waals surface area contributed by atoms with Gasteiger partial charge in [0.1, 0.15) is 0 Å². The Labute approximate surface area is 127 Å². The highest BCUT2D eigenvalue weighted by Gasteiger charge is 2.28. The summed E-state index contributed by atoms with van der Waals surface area (Å²) in [6.45, 7) is 7.91. The second-order valence-electron chi connectivity index (χ2n) is 6.94. The lowest BCUT2D eigenvalue weighted by Gasteiger charge is -2.29. The van der Waals surface area contributed by atoms with Gasteiger partial charge in [-0.05, 0) is 36.9 Å². The number of para-hydroxylation sites is 1. The maximum absolute atomic E-state index is 4.70. The Morgan fingerprint density at radius 3 is 2.52 bits per heavy atom. The molecule has 1 aliphatic heterocycles. The van der Waals surface area contributed by atoms with Gasteiger partial charge in [0.15, 0.2) is 0 Å². The Hall–Kier alpha value is -1.61. The first-order chi connectivity index (χ1) is 10.1. The van der Waals surface area contributed by atoms with Crippen LogP contribution in [0, 0.1) is 0 Å². The first-order valence-corrected chi connectivity index (χ1v) is 7.94. The van der Waals surface area contributed by atoms with Crippen molar-refractivity contribution in [1.82, 2.24) is 15.1 Å². The van der Waals surface area contributed by atoms with Gasteiger partial charge in [-0.25, -0.2) is 4.68 Å². The average molecular weight is 283 g/mol. The quantitative estimate of drug-likeness (QED) is 0.903. The molecule has 0 radical (unpaired) electrons. The van der Waals surface area contributed by atoms with Crippen molar-refractivity contribution >= 4 is 0 Å². The average Bonchev–Trinajstić information content (AvgIpc) is 2.94. The Morgan fingerprint density at radius 2 is 1.90 bits per heavy atom. The minimum Gasteiger partial charge on any atom is -0.309 e. The molecule has 1 unspecified atom stereocenters. The molecule has 0 bridgehead atoms. The van der Waals surface area contributed by atoms with E-state index in [0.717, 1.165) is 12.2 Å². The number of benzene rings is 1. The zero-order valence-corrected chi connectivity index (χ0v) is 13.3. The number of nitrogens with zero attached hydrogens (tertiary/aromatic N) is 2. The fraction of sp³-hybridized carbons (Fsp3) is 0.500. The fourth-order valence-corrected chi connectivity index (χ4v) is 3.13. The molecule has 1 atom stereocenters. The molecule has 21 heavy (non-hydrogen) atoms. The van der Waals surface area contributed by atoms with Crippen LogP contribution >= 0.6 is 0 Å². The summed E-state index contributed by atoms with van der Waals surface area (Å²) >= 11 is 0. The van der Waals surface area contributed by atoms with E-state index in [4.69, 9.17) is 5.10 Å². The molecule has 112 valence electrons. The summed E-state index contributed by atoms with van der Waals surface area (Å²) in [6, 6.07) is 10.9. The molecule has 3 rings (SSSR count). The molecule has 3 heteroatoms. The maximum Gasteiger partial charge on any atom is 0.0649 e. The first-order valence-electron chi connectivity index (χ1n) is 7.94. The standard InChI is InChI=1S/C18H25N3/c1-18(2,3)15-13-20-21(14-9-5-4-6-10-14)17(15)16-11-7-8-12-19-16/h4-6,9-10,13,16,19H,7-8,11-12H2,1-3H3. The molecule has 1 aromatic carbocycles. The van der Waals surface area contributed by atoms with Crippen LogP contribution in [-0.4, -0.2) is 16.3 Å². The van der Waals surface area contributed by atoms with Crippen molar-refractivity contribution in [3.63, 3.8) is 0 Å². The van der Waals surface area contributed by atoms with Crippen LogP contribution in [0.1, 0.15) is 57.3 Å². The fourth-order valence-electron chi connectivity index (χ4n) is 3.13. The third-order valence-corrected chi connectivity index (χ3v) is 4.26. The van der Waals surface area contributed by atoms with Crippen LogP contribution < -0.4 is 5.32 Å². The maximum atomic E-state index is 4.70. The summed E-state index contributed by atoms with van der Waals surface area (Å²) in [4.78, 5) is 0. The topological polar surface area (TPSA) is 29.9 Å². The van der Waals surface area contributed by atoms with Gasteiger partial charge in [0.05, 0.1) is 17.6 Å². The van der Waals surface area contributed by atoms with Crippen LogP contribution in [0.4, 0.5) is 0 Å². The smallest absolute Gasteiger partial charge is 0.0649 e. The van der Waals surface area contributed by atoms with Gasteiger partial charge in [-0.3, -0.25) is 0 Å². The van der Waals surface area contributed by atoms with E-state index in [0.29, 0.717) is 6.04 Å². The Morgan fingerprint density at radius 1 is 1.14 bits per heavy atom. The summed E-state index contributed by atoms with van der Waals surface area (Å²) < 4.78 is 2.13. The summed E-state index contributed by atoms with van der Waals surface area (Å²) in [5.74, 6) is 0. The molecular formula is C18H25N3. The molecule has 3 nitrogen and oxygen atoms in total. The van der Waals surface area contributed by atoms with E-state index in [1.54, 1.807) is 0 Å². The van der Waals surface area contributed by atoms with Crippen molar-refractivity contribution in [2.45, 2.75) is 51.5 Å². The lowest BCUT2D eigenvalue weighted by molar-refractivity contribution is 0.392. The Balaban J connectivity index is 2.10. The number of nitrogens with one attached hydrogen (secondary N) is 1. The van der Waals surface area contributed by atoms with Gasteiger partial charge in [0.2, 0.25) is 0 Å². The van der Waals surface area contributed by atoms with Crippen molar-refractivity contribution in [2.75, 3.05) is 6.54 Å². The van der Waals surface area contributed by atoms with E-state index in [1.165, 1.54) is 30.5 Å². The van der Waals surface area contributed by atoms with E-state index < -0.39 is 0 Å². The SMILES string of the molecule is CC(C)(C)c1cnn(-c2ccccc2)c1C1CCCCN1. The number of hydrogen-bond acceptors (Lipinski definition) is 2. The monoisotopic (exact) mass is 283 g/mol. The van der Waals surface area contributed by atoms with Gasteiger partial charge < -0.3 is 5.32 Å². The minimum atomic E-state index is 0.113. The van der Waals surface area contributed by atoms with Gasteiger partial charge in [0.25, 0.3) is 0 Å². The Bertz CT molecular complexity index is 587. The largest absolute Gasteiger partial charge is 0.309 e. The van der Waals surface area contributed by atoms with Gasteiger partial charge in [-0.2, -0.15) is 5.10 Å². The third kappa shape index (κ3) is 2.88. The second-order valence-corrected chi connectivity index (χ2v) is 6.94. The van der Waals surface area contributed by atoms with Crippen molar-refractivity contribution in [3.8, 4) is 5.69 Å². The predicted molar refractivity (Wildman–Crippen MR) is 86.9 cm³/mol. The molecule has 1 saturated heterocycles. The highest BCUT2D eigenvalue weighted by molar-refractivity contribution is 5.38. The number of piperidine rings is 1. The highest BCUT2D eigenvalue weighted by Crippen LogP contribution is 2.34. The van der Waals surface area contributed by atoms with Gasteiger partial charge in [-0.15, -0.1) is 0 Å². The predicted octanol–water partition coefficient (Wildman–Crippen LogP) is 3.98. The van der Waals surface area contributed by atoms with E-state index in [-0.39, 0.29) is 5.41 Å². The number of rotatable bonds is 2. The van der Waals surface area contributed by atoms with Crippen LogP contribution in [0.5, 0.6) is 0 Å². The van der Waals surface area contributed by atoms with E-state index in [9.17, 15) is 0 Å². The summed E-state index contributed by atoms with van der Waals surface area (Å²) in [5, 5.41) is 8.39. The Kier molecular flexibility index (Phi) is 3.85. The molecule has 0 aliphatic carbocycles. The van der Waals surface area contributed by atoms with Crippen LogP contribution in [0.2, 0.25) is 0 Å². The van der Waals surface area contributed by atoms with Gasteiger partial charge in [-0.1, -0.05) is 45.4 Å². The van der Waals surface area contributed by atoms with Crippen LogP contribution in [0.3, 0.4) is 0 Å². The lowest BCUT2D eigenvalue weighted by Crippen LogP contribution is -2.30. The first kappa shape index (κ1) is 14.3. The molecular weight excluding hydrogens is 258 g/mol.